The highest BCUT2D eigenvalue weighted by molar-refractivity contribution is 7.99. The monoisotopic (exact) mass is 336 g/mol. The summed E-state index contributed by atoms with van der Waals surface area (Å²) in [5, 5.41) is 0. The van der Waals surface area contributed by atoms with E-state index in [4.69, 9.17) is 0 Å². The SMILES string of the molecule is CCCSCC(=O)N(Cc1ccncc1)c1c(F)cccc1F. The largest absolute Gasteiger partial charge is 0.302 e. The number of carbonyl (C=O) groups is 1. The number of halogens is 2. The summed E-state index contributed by atoms with van der Waals surface area (Å²) in [5.41, 5.74) is 0.461. The Labute approximate surface area is 138 Å². The average Bonchev–Trinajstić information content (AvgIpc) is 2.55. The quantitative estimate of drug-likeness (QED) is 0.716. The van der Waals surface area contributed by atoms with Gasteiger partial charge in [0, 0.05) is 12.4 Å². The van der Waals surface area contributed by atoms with Crippen molar-refractivity contribution in [3.8, 4) is 0 Å². The number of anilines is 1. The van der Waals surface area contributed by atoms with E-state index in [2.05, 4.69) is 4.98 Å². The number of hydrogen-bond donors (Lipinski definition) is 0. The van der Waals surface area contributed by atoms with Crippen molar-refractivity contribution in [2.45, 2.75) is 19.9 Å². The lowest BCUT2D eigenvalue weighted by Gasteiger charge is -2.24. The molecule has 0 atom stereocenters. The first-order valence-electron chi connectivity index (χ1n) is 7.34. The molecule has 0 saturated heterocycles. The third kappa shape index (κ3) is 4.76. The van der Waals surface area contributed by atoms with Crippen LogP contribution in [0, 0.1) is 11.6 Å². The maximum absolute atomic E-state index is 14.1. The summed E-state index contributed by atoms with van der Waals surface area (Å²) in [6.45, 7) is 2.12. The fraction of sp³-hybridized carbons (Fsp3) is 0.294. The van der Waals surface area contributed by atoms with Crippen molar-refractivity contribution in [1.82, 2.24) is 4.98 Å². The molecule has 0 fully saturated rings. The van der Waals surface area contributed by atoms with Crippen molar-refractivity contribution < 1.29 is 13.6 Å². The van der Waals surface area contributed by atoms with Crippen molar-refractivity contribution in [2.24, 2.45) is 0 Å². The number of hydrogen-bond acceptors (Lipinski definition) is 3. The first-order valence-corrected chi connectivity index (χ1v) is 8.50. The molecule has 2 rings (SSSR count). The van der Waals surface area contributed by atoms with Crippen LogP contribution in [0.1, 0.15) is 18.9 Å². The van der Waals surface area contributed by atoms with Gasteiger partial charge in [-0.3, -0.25) is 9.78 Å². The lowest BCUT2D eigenvalue weighted by atomic mass is 10.2. The molecule has 0 bridgehead atoms. The second-order valence-electron chi connectivity index (χ2n) is 4.96. The zero-order valence-corrected chi connectivity index (χ0v) is 13.7. The van der Waals surface area contributed by atoms with Crippen molar-refractivity contribution in [3.05, 3.63) is 59.9 Å². The highest BCUT2D eigenvalue weighted by Gasteiger charge is 2.22. The molecule has 0 spiro atoms. The van der Waals surface area contributed by atoms with Crippen molar-refractivity contribution >= 4 is 23.4 Å². The summed E-state index contributed by atoms with van der Waals surface area (Å²) < 4.78 is 28.2. The van der Waals surface area contributed by atoms with Crippen LogP contribution in [0.3, 0.4) is 0 Å². The van der Waals surface area contributed by atoms with Crippen molar-refractivity contribution in [3.63, 3.8) is 0 Å². The van der Waals surface area contributed by atoms with Gasteiger partial charge in [-0.05, 0) is 42.0 Å². The molecule has 6 heteroatoms. The fourth-order valence-electron chi connectivity index (χ4n) is 2.09. The van der Waals surface area contributed by atoms with Gasteiger partial charge < -0.3 is 4.90 Å². The summed E-state index contributed by atoms with van der Waals surface area (Å²) in [7, 11) is 0. The molecule has 0 saturated carbocycles. The van der Waals surface area contributed by atoms with E-state index in [1.807, 2.05) is 6.92 Å². The summed E-state index contributed by atoms with van der Waals surface area (Å²) in [5.74, 6) is -0.786. The van der Waals surface area contributed by atoms with Gasteiger partial charge in [0.05, 0.1) is 12.3 Å². The van der Waals surface area contributed by atoms with E-state index in [-0.39, 0.29) is 23.9 Å². The summed E-state index contributed by atoms with van der Waals surface area (Å²) in [6.07, 6.45) is 4.11. The van der Waals surface area contributed by atoms with E-state index in [1.165, 1.54) is 22.7 Å². The Hall–Kier alpha value is -1.95. The molecule has 122 valence electrons. The van der Waals surface area contributed by atoms with Gasteiger partial charge in [-0.15, -0.1) is 0 Å². The molecule has 0 N–H and O–H groups in total. The van der Waals surface area contributed by atoms with E-state index in [0.717, 1.165) is 29.9 Å². The van der Waals surface area contributed by atoms with Gasteiger partial charge in [0.2, 0.25) is 5.91 Å². The molecular formula is C17H18F2N2OS. The van der Waals surface area contributed by atoms with Crippen LogP contribution in [-0.2, 0) is 11.3 Å². The predicted octanol–water partition coefficient (Wildman–Crippen LogP) is 4.04. The van der Waals surface area contributed by atoms with Gasteiger partial charge in [-0.25, -0.2) is 8.78 Å². The molecule has 2 aromatic rings. The van der Waals surface area contributed by atoms with Crippen LogP contribution in [-0.4, -0.2) is 22.4 Å². The number of thioether (sulfide) groups is 1. The van der Waals surface area contributed by atoms with Gasteiger partial charge in [0.15, 0.2) is 0 Å². The smallest absolute Gasteiger partial charge is 0.237 e. The number of rotatable bonds is 7. The Morgan fingerprint density at radius 2 is 1.83 bits per heavy atom. The Morgan fingerprint density at radius 1 is 1.17 bits per heavy atom. The van der Waals surface area contributed by atoms with Crippen LogP contribution in [0.25, 0.3) is 0 Å². The molecule has 0 aliphatic heterocycles. The molecule has 23 heavy (non-hydrogen) atoms. The van der Waals surface area contributed by atoms with Gasteiger partial charge in [-0.1, -0.05) is 13.0 Å². The molecule has 1 aromatic heterocycles. The van der Waals surface area contributed by atoms with Gasteiger partial charge in [0.1, 0.15) is 17.3 Å². The Balaban J connectivity index is 2.29. The van der Waals surface area contributed by atoms with E-state index >= 15 is 0 Å². The maximum Gasteiger partial charge on any atom is 0.237 e. The summed E-state index contributed by atoms with van der Waals surface area (Å²) in [4.78, 5) is 17.6. The highest BCUT2D eigenvalue weighted by Crippen LogP contribution is 2.26. The van der Waals surface area contributed by atoms with E-state index in [9.17, 15) is 13.6 Å². The topological polar surface area (TPSA) is 33.2 Å². The molecule has 1 aromatic carbocycles. The first kappa shape index (κ1) is 17.4. The normalized spacial score (nSPS) is 10.6. The predicted molar refractivity (Wildman–Crippen MR) is 89.4 cm³/mol. The zero-order valence-electron chi connectivity index (χ0n) is 12.8. The lowest BCUT2D eigenvalue weighted by molar-refractivity contribution is -0.116. The maximum atomic E-state index is 14.1. The lowest BCUT2D eigenvalue weighted by Crippen LogP contribution is -2.33. The van der Waals surface area contributed by atoms with E-state index in [0.29, 0.717) is 0 Å². The number of carbonyl (C=O) groups excluding carboxylic acids is 1. The standard InChI is InChI=1S/C17H18F2N2OS/c1-2-10-23-12-16(22)21(11-13-6-8-20-9-7-13)17-14(18)4-3-5-15(17)19/h3-9H,2,10-12H2,1H3. The first-order chi connectivity index (χ1) is 11.1. The van der Waals surface area contributed by atoms with Crippen LogP contribution >= 0.6 is 11.8 Å². The van der Waals surface area contributed by atoms with Gasteiger partial charge >= 0.3 is 0 Å². The highest BCUT2D eigenvalue weighted by atomic mass is 32.2. The van der Waals surface area contributed by atoms with Gasteiger partial charge in [0.25, 0.3) is 0 Å². The Morgan fingerprint density at radius 3 is 2.43 bits per heavy atom. The van der Waals surface area contributed by atoms with Crippen LogP contribution < -0.4 is 4.90 Å². The van der Waals surface area contributed by atoms with Crippen molar-refractivity contribution in [2.75, 3.05) is 16.4 Å². The summed E-state index contributed by atoms with van der Waals surface area (Å²) >= 11 is 1.46. The van der Waals surface area contributed by atoms with Crippen LogP contribution in [0.5, 0.6) is 0 Å². The average molecular weight is 336 g/mol. The summed E-state index contributed by atoms with van der Waals surface area (Å²) in [6, 6.07) is 7.04. The minimum absolute atomic E-state index is 0.103. The molecule has 0 unspecified atom stereocenters. The van der Waals surface area contributed by atoms with E-state index < -0.39 is 11.6 Å². The number of amides is 1. The second kappa shape index (κ2) is 8.62. The number of benzene rings is 1. The molecular weight excluding hydrogens is 318 g/mol. The Bertz CT molecular complexity index is 632. The van der Waals surface area contributed by atoms with Crippen LogP contribution in [0.15, 0.2) is 42.7 Å². The van der Waals surface area contributed by atoms with E-state index in [1.54, 1.807) is 24.5 Å². The zero-order chi connectivity index (χ0) is 16.7. The second-order valence-corrected chi connectivity index (χ2v) is 6.06. The molecule has 0 aliphatic rings. The van der Waals surface area contributed by atoms with Gasteiger partial charge in [-0.2, -0.15) is 11.8 Å². The molecule has 1 heterocycles. The minimum atomic E-state index is -0.743. The number of para-hydroxylation sites is 1. The Kier molecular flexibility index (Phi) is 6.52. The van der Waals surface area contributed by atoms with Crippen molar-refractivity contribution in [1.29, 1.82) is 0 Å². The number of aromatic nitrogens is 1. The molecule has 1 amide bonds. The third-order valence-electron chi connectivity index (χ3n) is 3.17. The number of nitrogens with zero attached hydrogens (tertiary/aromatic N) is 2. The fourth-order valence-corrected chi connectivity index (χ4v) is 2.85. The minimum Gasteiger partial charge on any atom is -0.302 e. The van der Waals surface area contributed by atoms with Crippen LogP contribution in [0.4, 0.5) is 14.5 Å². The molecule has 3 nitrogen and oxygen atoms in total. The molecule has 0 aliphatic carbocycles. The van der Waals surface area contributed by atoms with Crippen LogP contribution in [0.2, 0.25) is 0 Å². The number of pyridine rings is 1. The molecule has 0 radical (unpaired) electrons. The third-order valence-corrected chi connectivity index (χ3v) is 4.32.